The number of aryl methyl sites for hydroxylation is 1. The van der Waals surface area contributed by atoms with Gasteiger partial charge in [-0.2, -0.15) is 0 Å². The Morgan fingerprint density at radius 1 is 1.26 bits per heavy atom. The minimum atomic E-state index is -1.22. The van der Waals surface area contributed by atoms with Crippen molar-refractivity contribution in [1.29, 1.82) is 0 Å². The lowest BCUT2D eigenvalue weighted by Gasteiger charge is -2.47. The second-order valence-corrected chi connectivity index (χ2v) is 11.0. The van der Waals surface area contributed by atoms with E-state index in [9.17, 15) is 9.18 Å². The summed E-state index contributed by atoms with van der Waals surface area (Å²) in [6.45, 7) is 7.65. The first-order valence-electron chi connectivity index (χ1n) is 11.8. The van der Waals surface area contributed by atoms with Crippen molar-refractivity contribution in [2.75, 3.05) is 19.0 Å². The molecule has 3 aromatic rings. The van der Waals surface area contributed by atoms with Crippen molar-refractivity contribution in [3.05, 3.63) is 71.2 Å². The largest absolute Gasteiger partial charge is 0.482 e. The normalized spacial score (nSPS) is 23.1. The van der Waals surface area contributed by atoms with E-state index in [-0.39, 0.29) is 34.6 Å². The van der Waals surface area contributed by atoms with Crippen LogP contribution in [-0.4, -0.2) is 39.5 Å². The monoisotopic (exact) mass is 545 g/mol. The number of amides is 1. The number of hydrogen-bond donors (Lipinski definition) is 2. The third kappa shape index (κ3) is 5.37. The maximum Gasteiger partial charge on any atom is 0.274 e. The molecule has 1 aliphatic rings. The first-order chi connectivity index (χ1) is 18.0. The van der Waals surface area contributed by atoms with Crippen LogP contribution in [0.4, 0.5) is 14.5 Å². The van der Waals surface area contributed by atoms with Crippen molar-refractivity contribution >= 4 is 28.5 Å². The smallest absolute Gasteiger partial charge is 0.274 e. The Hall–Kier alpha value is -3.51. The highest BCUT2D eigenvalue weighted by atomic mass is 32.2. The van der Waals surface area contributed by atoms with Crippen molar-refractivity contribution in [3.8, 4) is 5.75 Å². The molecule has 3 heterocycles. The van der Waals surface area contributed by atoms with E-state index in [0.717, 1.165) is 6.07 Å². The summed E-state index contributed by atoms with van der Waals surface area (Å²) in [5.74, 6) is -2.26. The number of halogens is 2. The number of thioether (sulfide) groups is 1. The number of carbonyl (C=O) groups excluding carboxylic acids is 1. The second-order valence-electron chi connectivity index (χ2n) is 9.49. The predicted octanol–water partition coefficient (Wildman–Crippen LogP) is 4.81. The lowest BCUT2D eigenvalue weighted by atomic mass is 9.74. The fraction of sp³-hybridized carbons (Fsp3) is 0.385. The molecule has 2 aromatic heterocycles. The molecular formula is C26H29F2N5O4S. The van der Waals surface area contributed by atoms with Crippen LogP contribution in [0.3, 0.4) is 0 Å². The first kappa shape index (κ1) is 27.5. The molecule has 38 heavy (non-hydrogen) atoms. The first-order valence-corrected chi connectivity index (χ1v) is 12.6. The van der Waals surface area contributed by atoms with Gasteiger partial charge in [-0.1, -0.05) is 18.7 Å². The summed E-state index contributed by atoms with van der Waals surface area (Å²) >= 11 is 1.34. The minimum absolute atomic E-state index is 0.0224. The Morgan fingerprint density at radius 3 is 2.68 bits per heavy atom. The van der Waals surface area contributed by atoms with Gasteiger partial charge >= 0.3 is 0 Å². The fourth-order valence-electron chi connectivity index (χ4n) is 4.56. The number of oxazole rings is 1. The number of nitrogens with two attached hydrogens (primary N) is 1. The number of pyridine rings is 1. The highest BCUT2D eigenvalue weighted by Gasteiger charge is 2.50. The molecule has 0 saturated carbocycles. The van der Waals surface area contributed by atoms with Crippen LogP contribution in [0.5, 0.6) is 5.75 Å². The van der Waals surface area contributed by atoms with E-state index >= 15 is 4.39 Å². The zero-order chi connectivity index (χ0) is 27.7. The number of hydrogen-bond acceptors (Lipinski definition) is 9. The van der Waals surface area contributed by atoms with Crippen LogP contribution in [0.15, 0.2) is 46.3 Å². The molecule has 4 rings (SSSR count). The Labute approximate surface area is 223 Å². The quantitative estimate of drug-likeness (QED) is 0.413. The van der Waals surface area contributed by atoms with Crippen molar-refractivity contribution in [2.45, 2.75) is 44.6 Å². The average Bonchev–Trinajstić information content (AvgIpc) is 3.37. The van der Waals surface area contributed by atoms with Gasteiger partial charge in [0.25, 0.3) is 5.91 Å². The van der Waals surface area contributed by atoms with E-state index in [2.05, 4.69) is 20.3 Å². The van der Waals surface area contributed by atoms with Crippen molar-refractivity contribution < 1.29 is 27.5 Å². The van der Waals surface area contributed by atoms with Crippen molar-refractivity contribution in [3.63, 3.8) is 0 Å². The molecule has 0 aliphatic carbocycles. The van der Waals surface area contributed by atoms with Crippen LogP contribution in [0.1, 0.15) is 48.3 Å². The summed E-state index contributed by atoms with van der Waals surface area (Å²) in [5, 5.41) is 2.87. The molecule has 0 spiro atoms. The van der Waals surface area contributed by atoms with Gasteiger partial charge in [-0.3, -0.25) is 9.79 Å². The summed E-state index contributed by atoms with van der Waals surface area (Å²) in [6, 6.07) is 3.95. The van der Waals surface area contributed by atoms with Crippen LogP contribution < -0.4 is 15.8 Å². The Morgan fingerprint density at radius 2 is 2.03 bits per heavy atom. The minimum Gasteiger partial charge on any atom is -0.482 e. The van der Waals surface area contributed by atoms with Gasteiger partial charge in [0.05, 0.1) is 24.5 Å². The van der Waals surface area contributed by atoms with Crippen LogP contribution in [-0.2, 0) is 16.9 Å². The number of benzene rings is 1. The standard InChI is InChI=1S/C26H29F2N5O4S/c1-14-8-17(37-12-20-30-6-7-36-20)11-31-22(14)23(34)32-16-9-18(21(28)19(27)10-16)26(4)15(2)25(3,13-35-5)38-24(29)33-26/h6-11,15H,12-13H2,1-5H3,(H2,29,33)(H,32,34)/t15?,25-,26+/m1/s1. The Kier molecular flexibility index (Phi) is 7.75. The number of carbonyl (C=O) groups is 1. The van der Waals surface area contributed by atoms with Gasteiger partial charge in [-0.15, -0.1) is 0 Å². The molecule has 1 aliphatic heterocycles. The number of methoxy groups -OCH3 is 1. The molecular weight excluding hydrogens is 516 g/mol. The number of nitrogens with one attached hydrogen (secondary N) is 1. The van der Waals surface area contributed by atoms with Gasteiger partial charge < -0.3 is 24.9 Å². The number of aliphatic imine (C=N–C) groups is 1. The SMILES string of the molecule is COC[C@@]1(C)SC(N)=N[C@](C)(c2cc(NC(=O)c3ncc(OCc4ncco4)cc3C)cc(F)c2F)C1C. The van der Waals surface area contributed by atoms with Crippen LogP contribution in [0.25, 0.3) is 0 Å². The van der Waals surface area contributed by atoms with E-state index < -0.39 is 27.8 Å². The summed E-state index contributed by atoms with van der Waals surface area (Å²) in [7, 11) is 1.57. The summed E-state index contributed by atoms with van der Waals surface area (Å²) in [6.07, 6.45) is 4.33. The summed E-state index contributed by atoms with van der Waals surface area (Å²) in [5.41, 5.74) is 5.56. The van der Waals surface area contributed by atoms with E-state index in [4.69, 9.17) is 19.6 Å². The zero-order valence-corrected chi connectivity index (χ0v) is 22.5. The Bertz CT molecular complexity index is 1370. The lowest BCUT2D eigenvalue weighted by Crippen LogP contribution is -2.50. The number of anilines is 1. The molecule has 0 radical (unpaired) electrons. The van der Waals surface area contributed by atoms with E-state index in [0.29, 0.717) is 23.8 Å². The van der Waals surface area contributed by atoms with E-state index in [1.807, 2.05) is 13.8 Å². The molecule has 12 heteroatoms. The van der Waals surface area contributed by atoms with Crippen LogP contribution in [0.2, 0.25) is 0 Å². The van der Waals surface area contributed by atoms with Crippen molar-refractivity contribution in [1.82, 2.24) is 9.97 Å². The van der Waals surface area contributed by atoms with Gasteiger partial charge in [0.2, 0.25) is 5.89 Å². The van der Waals surface area contributed by atoms with Gasteiger partial charge in [0.15, 0.2) is 23.4 Å². The van der Waals surface area contributed by atoms with Crippen LogP contribution in [0, 0.1) is 24.5 Å². The molecule has 1 aromatic carbocycles. The van der Waals surface area contributed by atoms with E-state index in [1.54, 1.807) is 27.0 Å². The molecule has 9 nitrogen and oxygen atoms in total. The Balaban J connectivity index is 1.60. The third-order valence-electron chi connectivity index (χ3n) is 6.82. The predicted molar refractivity (Wildman–Crippen MR) is 140 cm³/mol. The maximum atomic E-state index is 15.2. The molecule has 0 saturated heterocycles. The molecule has 0 fully saturated rings. The number of rotatable bonds is 8. The van der Waals surface area contributed by atoms with Gasteiger partial charge in [0, 0.05) is 35.1 Å². The topological polar surface area (TPSA) is 125 Å². The highest BCUT2D eigenvalue weighted by Crippen LogP contribution is 2.50. The number of nitrogens with zero attached hydrogens (tertiary/aromatic N) is 3. The van der Waals surface area contributed by atoms with Crippen LogP contribution >= 0.6 is 11.8 Å². The zero-order valence-electron chi connectivity index (χ0n) is 21.7. The highest BCUT2D eigenvalue weighted by molar-refractivity contribution is 8.15. The summed E-state index contributed by atoms with van der Waals surface area (Å²) < 4.78 is 45.6. The molecule has 202 valence electrons. The lowest BCUT2D eigenvalue weighted by molar-refractivity contribution is 0.102. The van der Waals surface area contributed by atoms with E-state index in [1.165, 1.54) is 36.5 Å². The number of ether oxygens (including phenoxy) is 2. The molecule has 3 atom stereocenters. The maximum absolute atomic E-state index is 15.2. The molecule has 3 N–H and O–H groups in total. The van der Waals surface area contributed by atoms with Crippen molar-refractivity contribution in [2.24, 2.45) is 16.6 Å². The van der Waals surface area contributed by atoms with Gasteiger partial charge in [0.1, 0.15) is 17.7 Å². The average molecular weight is 546 g/mol. The third-order valence-corrected chi connectivity index (χ3v) is 8.05. The van der Waals surface area contributed by atoms with Gasteiger partial charge in [-0.05, 0) is 38.5 Å². The second kappa shape index (κ2) is 10.7. The van der Waals surface area contributed by atoms with Gasteiger partial charge in [-0.25, -0.2) is 18.7 Å². The summed E-state index contributed by atoms with van der Waals surface area (Å²) in [4.78, 5) is 25.7. The molecule has 1 amide bonds. The number of amidine groups is 1. The molecule has 1 unspecified atom stereocenters. The molecule has 0 bridgehead atoms. The number of aromatic nitrogens is 2. The fourth-order valence-corrected chi connectivity index (χ4v) is 5.86.